The molecule has 6 nitrogen and oxygen atoms in total. The van der Waals surface area contributed by atoms with Crippen LogP contribution in [0.3, 0.4) is 0 Å². The van der Waals surface area contributed by atoms with Gasteiger partial charge in [0, 0.05) is 20.3 Å². The number of carbonyl (C=O) groups is 1. The summed E-state index contributed by atoms with van der Waals surface area (Å²) in [5, 5.41) is 9.97. The second-order valence-corrected chi connectivity index (χ2v) is 4.31. The van der Waals surface area contributed by atoms with Crippen LogP contribution in [0.15, 0.2) is 24.4 Å². The van der Waals surface area contributed by atoms with Crippen molar-refractivity contribution in [1.29, 1.82) is 0 Å². The van der Waals surface area contributed by atoms with E-state index >= 15 is 0 Å². The zero-order valence-electron chi connectivity index (χ0n) is 10.6. The fourth-order valence-corrected chi connectivity index (χ4v) is 1.76. The van der Waals surface area contributed by atoms with Crippen LogP contribution in [0.4, 0.5) is 5.82 Å². The van der Waals surface area contributed by atoms with Crippen molar-refractivity contribution < 1.29 is 4.79 Å². The van der Waals surface area contributed by atoms with Crippen LogP contribution in [0.1, 0.15) is 16.2 Å². The third-order valence-electron chi connectivity index (χ3n) is 2.67. The normalized spacial score (nSPS) is 10.3. The Morgan fingerprint density at radius 2 is 2.21 bits per heavy atom. The third-order valence-corrected chi connectivity index (χ3v) is 2.97. The SMILES string of the molecule is CNc1ccc(Cl)c(C(=O)NCc2ccnn2C)n1. The quantitative estimate of drug-likeness (QED) is 0.888. The molecule has 0 saturated carbocycles. The minimum absolute atomic E-state index is 0.204. The molecule has 0 unspecified atom stereocenters. The van der Waals surface area contributed by atoms with E-state index in [1.807, 2.05) is 13.1 Å². The van der Waals surface area contributed by atoms with Crippen molar-refractivity contribution >= 4 is 23.3 Å². The lowest BCUT2D eigenvalue weighted by Gasteiger charge is -2.08. The Balaban J connectivity index is 2.10. The molecule has 0 aliphatic rings. The maximum Gasteiger partial charge on any atom is 0.271 e. The minimum atomic E-state index is -0.316. The second kappa shape index (κ2) is 5.71. The number of aryl methyl sites for hydroxylation is 1. The second-order valence-electron chi connectivity index (χ2n) is 3.91. The van der Waals surface area contributed by atoms with Crippen LogP contribution in [0.25, 0.3) is 0 Å². The van der Waals surface area contributed by atoms with E-state index in [0.29, 0.717) is 17.4 Å². The summed E-state index contributed by atoms with van der Waals surface area (Å²) in [6, 6.07) is 5.18. The highest BCUT2D eigenvalue weighted by atomic mass is 35.5. The molecule has 2 heterocycles. The summed E-state index contributed by atoms with van der Waals surface area (Å²) in [7, 11) is 3.54. The van der Waals surface area contributed by atoms with Gasteiger partial charge in [-0.05, 0) is 18.2 Å². The number of hydrogen-bond donors (Lipinski definition) is 2. The van der Waals surface area contributed by atoms with E-state index in [9.17, 15) is 4.79 Å². The summed E-state index contributed by atoms with van der Waals surface area (Å²) in [6.07, 6.45) is 1.67. The first-order valence-electron chi connectivity index (χ1n) is 5.71. The van der Waals surface area contributed by atoms with E-state index in [2.05, 4.69) is 20.7 Å². The number of hydrogen-bond acceptors (Lipinski definition) is 4. The number of nitrogens with zero attached hydrogens (tertiary/aromatic N) is 3. The van der Waals surface area contributed by atoms with Gasteiger partial charge in [-0.3, -0.25) is 9.48 Å². The third kappa shape index (κ3) is 3.03. The molecular formula is C12H14ClN5O. The maximum absolute atomic E-state index is 12.0. The molecule has 2 N–H and O–H groups in total. The van der Waals surface area contributed by atoms with Gasteiger partial charge in [0.05, 0.1) is 17.3 Å². The molecule has 0 radical (unpaired) electrons. The van der Waals surface area contributed by atoms with Crippen LogP contribution >= 0.6 is 11.6 Å². The summed E-state index contributed by atoms with van der Waals surface area (Å²) in [6.45, 7) is 0.372. The highest BCUT2D eigenvalue weighted by Gasteiger charge is 2.13. The van der Waals surface area contributed by atoms with E-state index in [4.69, 9.17) is 11.6 Å². The Morgan fingerprint density at radius 1 is 1.42 bits per heavy atom. The largest absolute Gasteiger partial charge is 0.373 e. The van der Waals surface area contributed by atoms with Gasteiger partial charge in [-0.15, -0.1) is 0 Å². The lowest BCUT2D eigenvalue weighted by Crippen LogP contribution is -2.25. The topological polar surface area (TPSA) is 71.8 Å². The Bertz CT molecular complexity index is 596. The van der Waals surface area contributed by atoms with Gasteiger partial charge < -0.3 is 10.6 Å². The molecule has 0 saturated heterocycles. The molecule has 0 aliphatic heterocycles. The molecule has 2 rings (SSSR count). The lowest BCUT2D eigenvalue weighted by molar-refractivity contribution is 0.0945. The van der Waals surface area contributed by atoms with Crippen LogP contribution < -0.4 is 10.6 Å². The molecule has 0 fully saturated rings. The summed E-state index contributed by atoms with van der Waals surface area (Å²) in [4.78, 5) is 16.2. The lowest BCUT2D eigenvalue weighted by atomic mass is 10.3. The summed E-state index contributed by atoms with van der Waals surface area (Å²) in [5.41, 5.74) is 1.10. The van der Waals surface area contributed by atoms with E-state index in [-0.39, 0.29) is 11.6 Å². The number of amides is 1. The molecule has 0 aromatic carbocycles. The maximum atomic E-state index is 12.0. The first-order chi connectivity index (χ1) is 9.11. The van der Waals surface area contributed by atoms with Gasteiger partial charge in [-0.1, -0.05) is 11.6 Å². The molecule has 100 valence electrons. The van der Waals surface area contributed by atoms with Crippen molar-refractivity contribution in [1.82, 2.24) is 20.1 Å². The molecule has 7 heteroatoms. The minimum Gasteiger partial charge on any atom is -0.373 e. The van der Waals surface area contributed by atoms with Gasteiger partial charge in [0.1, 0.15) is 11.5 Å². The van der Waals surface area contributed by atoms with Crippen LogP contribution in [0, 0.1) is 0 Å². The standard InChI is InChI=1S/C12H14ClN5O/c1-14-10-4-3-9(13)11(17-10)12(19)15-7-8-5-6-16-18(8)2/h3-6H,7H2,1-2H3,(H,14,17)(H,15,19). The van der Waals surface area contributed by atoms with Crippen molar-refractivity contribution in [3.05, 3.63) is 40.8 Å². The number of anilines is 1. The van der Waals surface area contributed by atoms with Gasteiger partial charge in [0.15, 0.2) is 0 Å². The first-order valence-corrected chi connectivity index (χ1v) is 6.09. The van der Waals surface area contributed by atoms with Crippen LogP contribution in [-0.2, 0) is 13.6 Å². The fraction of sp³-hybridized carbons (Fsp3) is 0.250. The van der Waals surface area contributed by atoms with Crippen LogP contribution in [0.2, 0.25) is 5.02 Å². The summed E-state index contributed by atoms with van der Waals surface area (Å²) < 4.78 is 1.69. The van der Waals surface area contributed by atoms with Gasteiger partial charge in [0.2, 0.25) is 0 Å². The van der Waals surface area contributed by atoms with Gasteiger partial charge >= 0.3 is 0 Å². The van der Waals surface area contributed by atoms with Gasteiger partial charge in [-0.2, -0.15) is 5.10 Å². The molecule has 0 spiro atoms. The molecular weight excluding hydrogens is 266 g/mol. The van der Waals surface area contributed by atoms with Crippen molar-refractivity contribution in [3.8, 4) is 0 Å². The molecule has 2 aromatic rings. The summed E-state index contributed by atoms with van der Waals surface area (Å²) >= 11 is 5.97. The molecule has 19 heavy (non-hydrogen) atoms. The molecule has 0 aliphatic carbocycles. The monoisotopic (exact) mass is 279 g/mol. The van der Waals surface area contributed by atoms with E-state index < -0.39 is 0 Å². The molecule has 1 amide bonds. The number of rotatable bonds is 4. The number of pyridine rings is 1. The Labute approximate surface area is 115 Å². The van der Waals surface area contributed by atoms with Gasteiger partial charge in [-0.25, -0.2) is 4.98 Å². The van der Waals surface area contributed by atoms with Gasteiger partial charge in [0.25, 0.3) is 5.91 Å². The number of carbonyl (C=O) groups excluding carboxylic acids is 1. The van der Waals surface area contributed by atoms with Crippen molar-refractivity contribution in [3.63, 3.8) is 0 Å². The van der Waals surface area contributed by atoms with Crippen molar-refractivity contribution in [2.45, 2.75) is 6.54 Å². The highest BCUT2D eigenvalue weighted by Crippen LogP contribution is 2.16. The number of halogens is 1. The fourth-order valence-electron chi connectivity index (χ4n) is 1.57. The first kappa shape index (κ1) is 13.4. The highest BCUT2D eigenvalue weighted by molar-refractivity contribution is 6.33. The average Bonchev–Trinajstić information content (AvgIpc) is 2.82. The molecule has 0 bridgehead atoms. The van der Waals surface area contributed by atoms with Crippen LogP contribution in [-0.4, -0.2) is 27.7 Å². The summed E-state index contributed by atoms with van der Waals surface area (Å²) in [5.74, 6) is 0.276. The van der Waals surface area contributed by atoms with Crippen molar-refractivity contribution in [2.24, 2.45) is 7.05 Å². The van der Waals surface area contributed by atoms with E-state index in [1.165, 1.54) is 0 Å². The van der Waals surface area contributed by atoms with E-state index in [0.717, 1.165) is 5.69 Å². The predicted molar refractivity (Wildman–Crippen MR) is 73.2 cm³/mol. The van der Waals surface area contributed by atoms with Crippen molar-refractivity contribution in [2.75, 3.05) is 12.4 Å². The smallest absolute Gasteiger partial charge is 0.271 e. The zero-order chi connectivity index (χ0) is 13.8. The van der Waals surface area contributed by atoms with E-state index in [1.54, 1.807) is 30.1 Å². The van der Waals surface area contributed by atoms with Crippen LogP contribution in [0.5, 0.6) is 0 Å². The Kier molecular flexibility index (Phi) is 4.01. The number of nitrogens with one attached hydrogen (secondary N) is 2. The average molecular weight is 280 g/mol. The molecule has 0 atom stereocenters. The predicted octanol–water partition coefficient (Wildman–Crippen LogP) is 1.44. The Morgan fingerprint density at radius 3 is 2.84 bits per heavy atom. The molecule has 2 aromatic heterocycles. The Hall–Kier alpha value is -2.08. The number of aromatic nitrogens is 3. The zero-order valence-corrected chi connectivity index (χ0v) is 11.4.